The van der Waals surface area contributed by atoms with Crippen LogP contribution in [0.3, 0.4) is 0 Å². The van der Waals surface area contributed by atoms with Crippen LogP contribution in [0.15, 0.2) is 162 Å². The molecule has 0 saturated carbocycles. The summed E-state index contributed by atoms with van der Waals surface area (Å²) in [4.78, 5) is 19.8. The largest absolute Gasteiger partial charge is 0.454 e. The molecule has 0 N–H and O–H groups in total. The summed E-state index contributed by atoms with van der Waals surface area (Å²) in [6, 6.07) is 50.4. The molecule has 5 aromatic heterocycles. The van der Waals surface area contributed by atoms with E-state index >= 15 is 0 Å². The molecule has 5 heterocycles. The standard InChI is InChI=1S/C44H26N6O/c1-2-11-27(12-3-1)42-46-43(33-16-10-20-39-41(33)32-23-24-45-26-40(32)51-39)48-44(47-42)50-37-19-9-6-15-31(37)34-25-28(21-22-38(34)50)49-35-17-7-4-13-29(35)30-14-5-8-18-36(30)49/h1-26H. The molecule has 0 unspecified atom stereocenters. The quantitative estimate of drug-likeness (QED) is 0.189. The van der Waals surface area contributed by atoms with Crippen LogP contribution in [0.4, 0.5) is 0 Å². The van der Waals surface area contributed by atoms with Crippen LogP contribution in [-0.2, 0) is 0 Å². The summed E-state index contributed by atoms with van der Waals surface area (Å²) in [6.07, 6.45) is 3.53. The number of pyridine rings is 1. The topological polar surface area (TPSA) is 74.6 Å². The molecule has 0 aliphatic rings. The van der Waals surface area contributed by atoms with Crippen LogP contribution in [0.5, 0.6) is 0 Å². The van der Waals surface area contributed by atoms with Gasteiger partial charge < -0.3 is 8.98 Å². The minimum atomic E-state index is 0.543. The summed E-state index contributed by atoms with van der Waals surface area (Å²) < 4.78 is 10.7. The van der Waals surface area contributed by atoms with E-state index in [0.717, 1.165) is 60.6 Å². The molecule has 51 heavy (non-hydrogen) atoms. The fourth-order valence-corrected chi connectivity index (χ4v) is 7.68. The van der Waals surface area contributed by atoms with Gasteiger partial charge in [0.15, 0.2) is 17.2 Å². The first-order valence-corrected chi connectivity index (χ1v) is 16.9. The Morgan fingerprint density at radius 3 is 1.86 bits per heavy atom. The lowest BCUT2D eigenvalue weighted by Crippen LogP contribution is -2.06. The molecule has 0 atom stereocenters. The van der Waals surface area contributed by atoms with Crippen molar-refractivity contribution in [1.82, 2.24) is 29.1 Å². The van der Waals surface area contributed by atoms with Crippen molar-refractivity contribution in [1.29, 1.82) is 0 Å². The Bertz CT molecular complexity index is 3100. The second-order valence-electron chi connectivity index (χ2n) is 12.7. The fourth-order valence-electron chi connectivity index (χ4n) is 7.68. The molecule has 0 saturated heterocycles. The molecule has 6 aromatic carbocycles. The minimum absolute atomic E-state index is 0.543. The molecule has 7 heteroatoms. The number of fused-ring (bicyclic) bond motifs is 9. The number of aromatic nitrogens is 6. The summed E-state index contributed by atoms with van der Waals surface area (Å²) >= 11 is 0. The second kappa shape index (κ2) is 10.7. The zero-order chi connectivity index (χ0) is 33.5. The van der Waals surface area contributed by atoms with Gasteiger partial charge in [0.1, 0.15) is 5.58 Å². The number of hydrogen-bond donors (Lipinski definition) is 0. The zero-order valence-electron chi connectivity index (χ0n) is 27.1. The van der Waals surface area contributed by atoms with Crippen molar-refractivity contribution in [2.75, 3.05) is 0 Å². The van der Waals surface area contributed by atoms with Gasteiger partial charge in [-0.3, -0.25) is 9.55 Å². The normalized spacial score (nSPS) is 11.9. The maximum absolute atomic E-state index is 6.20. The Hall–Kier alpha value is -7.12. The van der Waals surface area contributed by atoms with Crippen molar-refractivity contribution >= 4 is 65.6 Å². The smallest absolute Gasteiger partial charge is 0.238 e. The average molecular weight is 655 g/mol. The molecule has 0 amide bonds. The number of hydrogen-bond acceptors (Lipinski definition) is 5. The molecule has 7 nitrogen and oxygen atoms in total. The van der Waals surface area contributed by atoms with Crippen molar-refractivity contribution in [3.63, 3.8) is 0 Å². The lowest BCUT2D eigenvalue weighted by Gasteiger charge is -2.12. The highest BCUT2D eigenvalue weighted by Gasteiger charge is 2.21. The van der Waals surface area contributed by atoms with E-state index in [1.165, 1.54) is 21.8 Å². The highest BCUT2D eigenvalue weighted by molar-refractivity contribution is 6.13. The van der Waals surface area contributed by atoms with E-state index < -0.39 is 0 Å². The van der Waals surface area contributed by atoms with Crippen molar-refractivity contribution < 1.29 is 4.42 Å². The van der Waals surface area contributed by atoms with Crippen LogP contribution in [0, 0.1) is 0 Å². The van der Waals surface area contributed by atoms with Crippen molar-refractivity contribution in [3.05, 3.63) is 158 Å². The molecule has 11 rings (SSSR count). The van der Waals surface area contributed by atoms with Gasteiger partial charge in [-0.25, -0.2) is 4.98 Å². The van der Waals surface area contributed by atoms with E-state index in [9.17, 15) is 0 Å². The van der Waals surface area contributed by atoms with E-state index in [2.05, 4.69) is 111 Å². The first-order chi connectivity index (χ1) is 25.3. The lowest BCUT2D eigenvalue weighted by atomic mass is 10.1. The van der Waals surface area contributed by atoms with E-state index in [-0.39, 0.29) is 0 Å². The first-order valence-electron chi connectivity index (χ1n) is 16.9. The molecule has 0 fully saturated rings. The summed E-state index contributed by atoms with van der Waals surface area (Å²) in [5.74, 6) is 1.70. The molecular weight excluding hydrogens is 629 g/mol. The van der Waals surface area contributed by atoms with Crippen LogP contribution in [-0.4, -0.2) is 29.1 Å². The molecule has 0 bridgehead atoms. The Labute approximate surface area is 290 Å². The Morgan fingerprint density at radius 1 is 0.451 bits per heavy atom. The summed E-state index contributed by atoms with van der Waals surface area (Å²) in [5.41, 5.74) is 8.72. The summed E-state index contributed by atoms with van der Waals surface area (Å²) in [6.45, 7) is 0. The average Bonchev–Trinajstić information content (AvgIpc) is 3.86. The summed E-state index contributed by atoms with van der Waals surface area (Å²) in [7, 11) is 0. The maximum atomic E-state index is 6.20. The van der Waals surface area contributed by atoms with Gasteiger partial charge in [-0.05, 0) is 48.5 Å². The van der Waals surface area contributed by atoms with Gasteiger partial charge >= 0.3 is 0 Å². The minimum Gasteiger partial charge on any atom is -0.454 e. The van der Waals surface area contributed by atoms with Crippen LogP contribution in [0.25, 0.3) is 100.0 Å². The van der Waals surface area contributed by atoms with Crippen LogP contribution in [0.1, 0.15) is 0 Å². The molecule has 238 valence electrons. The van der Waals surface area contributed by atoms with E-state index in [1.807, 2.05) is 48.5 Å². The second-order valence-corrected chi connectivity index (χ2v) is 12.7. The van der Waals surface area contributed by atoms with Gasteiger partial charge in [0.2, 0.25) is 5.95 Å². The van der Waals surface area contributed by atoms with Gasteiger partial charge in [-0.15, -0.1) is 0 Å². The van der Waals surface area contributed by atoms with Crippen molar-refractivity contribution in [3.8, 4) is 34.4 Å². The van der Waals surface area contributed by atoms with Crippen LogP contribution in [0.2, 0.25) is 0 Å². The third-order valence-electron chi connectivity index (χ3n) is 9.89. The predicted molar refractivity (Wildman–Crippen MR) is 204 cm³/mol. The molecule has 0 aliphatic carbocycles. The highest BCUT2D eigenvalue weighted by Crippen LogP contribution is 2.39. The SMILES string of the molecule is c1ccc(-c2nc(-c3cccc4oc5cnccc5c34)nc(-n3c4ccccc4c4cc(-n5c6ccccc6c6ccccc65)ccc43)n2)cc1. The van der Waals surface area contributed by atoms with Crippen LogP contribution >= 0.6 is 0 Å². The van der Waals surface area contributed by atoms with E-state index in [4.69, 9.17) is 19.4 Å². The van der Waals surface area contributed by atoms with Gasteiger partial charge in [-0.2, -0.15) is 9.97 Å². The van der Waals surface area contributed by atoms with Gasteiger partial charge in [0.25, 0.3) is 0 Å². The maximum Gasteiger partial charge on any atom is 0.238 e. The van der Waals surface area contributed by atoms with Gasteiger partial charge in [0, 0.05) is 55.3 Å². The highest BCUT2D eigenvalue weighted by atomic mass is 16.3. The summed E-state index contributed by atoms with van der Waals surface area (Å²) in [5, 5.41) is 6.62. The zero-order valence-corrected chi connectivity index (χ0v) is 27.1. The fraction of sp³-hybridized carbons (Fsp3) is 0. The Balaban J connectivity index is 1.19. The number of nitrogens with zero attached hydrogens (tertiary/aromatic N) is 6. The molecule has 0 spiro atoms. The third kappa shape index (κ3) is 4.12. The van der Waals surface area contributed by atoms with Crippen molar-refractivity contribution in [2.24, 2.45) is 0 Å². The van der Waals surface area contributed by atoms with Crippen molar-refractivity contribution in [2.45, 2.75) is 0 Å². The number of benzene rings is 6. The van der Waals surface area contributed by atoms with E-state index in [0.29, 0.717) is 17.6 Å². The molecule has 0 radical (unpaired) electrons. The number of para-hydroxylation sites is 3. The molecule has 0 aliphatic heterocycles. The van der Waals surface area contributed by atoms with Gasteiger partial charge in [-0.1, -0.05) is 97.1 Å². The van der Waals surface area contributed by atoms with Crippen LogP contribution < -0.4 is 0 Å². The monoisotopic (exact) mass is 654 g/mol. The molecule has 11 aromatic rings. The Kier molecular flexibility index (Phi) is 5.83. The first kappa shape index (κ1) is 27.8. The predicted octanol–water partition coefficient (Wildman–Crippen LogP) is 10.7. The molecular formula is C44H26N6O. The lowest BCUT2D eigenvalue weighted by molar-refractivity contribution is 0.667. The number of furan rings is 1. The third-order valence-corrected chi connectivity index (χ3v) is 9.89. The Morgan fingerprint density at radius 2 is 1.10 bits per heavy atom. The number of rotatable bonds is 4. The van der Waals surface area contributed by atoms with Gasteiger partial charge in [0.05, 0.1) is 28.3 Å². The van der Waals surface area contributed by atoms with E-state index in [1.54, 1.807) is 12.4 Å².